The predicted octanol–water partition coefficient (Wildman–Crippen LogP) is 5.45. The van der Waals surface area contributed by atoms with E-state index >= 15 is 0 Å². The largest absolute Gasteiger partial charge is 0.465 e. The number of rotatable bonds is 5. The fraction of sp³-hybridized carbons (Fsp3) is 0.455. The highest BCUT2D eigenvalue weighted by Crippen LogP contribution is 2.69. The second kappa shape index (κ2) is 9.95. The third-order valence-corrected chi connectivity index (χ3v) is 12.5. The van der Waals surface area contributed by atoms with Gasteiger partial charge in [-0.15, -0.1) is 11.8 Å². The molecule has 1 saturated heterocycles. The molecular weight excluding hydrogens is 569 g/mol. The van der Waals surface area contributed by atoms with Crippen LogP contribution in [-0.2, 0) is 31.1 Å². The minimum Gasteiger partial charge on any atom is -0.465 e. The van der Waals surface area contributed by atoms with E-state index in [0.29, 0.717) is 5.69 Å². The maximum absolute atomic E-state index is 13.9. The van der Waals surface area contributed by atoms with Crippen molar-refractivity contribution >= 4 is 46.6 Å². The highest BCUT2D eigenvalue weighted by atomic mass is 32.2. The summed E-state index contributed by atoms with van der Waals surface area (Å²) < 4.78 is 6.77. The summed E-state index contributed by atoms with van der Waals surface area (Å²) in [5.74, 6) is -1.25. The van der Waals surface area contributed by atoms with Crippen molar-refractivity contribution < 1.29 is 19.1 Å². The smallest absolute Gasteiger partial charge is 0.326 e. The van der Waals surface area contributed by atoms with E-state index in [4.69, 9.17) is 4.74 Å². The number of benzene rings is 2. The lowest BCUT2D eigenvalue weighted by Gasteiger charge is -2.43. The number of imide groups is 1. The third-order valence-electron chi connectivity index (χ3n) is 9.69. The van der Waals surface area contributed by atoms with Crippen molar-refractivity contribution in [2.75, 3.05) is 11.5 Å². The minimum atomic E-state index is -0.433. The van der Waals surface area contributed by atoms with Crippen molar-refractivity contribution in [2.45, 2.75) is 62.3 Å². The molecule has 42 heavy (non-hydrogen) atoms. The van der Waals surface area contributed by atoms with Crippen LogP contribution in [0.4, 0.5) is 5.69 Å². The molecule has 3 aromatic rings. The number of carbonyl (C=O) groups excluding carboxylic acids is 3. The SMILES string of the molecule is CCOC(=O)Cn1c2c(sc1=O)C(c1ccc(C(C)(C)C)cc1)C1C3CC(C1S2)C1C(=O)N(c2ccccc2)C(=O)C31. The molecule has 4 aliphatic rings. The summed E-state index contributed by atoms with van der Waals surface area (Å²) in [5, 5.41) is 0.871. The molecule has 2 bridgehead atoms. The summed E-state index contributed by atoms with van der Waals surface area (Å²) in [6.45, 7) is 8.44. The first-order valence-corrected chi connectivity index (χ1v) is 16.4. The van der Waals surface area contributed by atoms with Gasteiger partial charge in [-0.1, -0.05) is 74.6 Å². The van der Waals surface area contributed by atoms with Crippen LogP contribution in [0.25, 0.3) is 0 Å². The van der Waals surface area contributed by atoms with Gasteiger partial charge in [-0.2, -0.15) is 0 Å². The molecular formula is C33H34N2O5S2. The number of hydrogen-bond donors (Lipinski definition) is 0. The molecule has 2 aliphatic heterocycles. The number of thioether (sulfide) groups is 1. The van der Waals surface area contributed by atoms with Crippen LogP contribution in [0.3, 0.4) is 0 Å². The highest BCUT2D eigenvalue weighted by Gasteiger charge is 2.69. The number of aromatic nitrogens is 1. The van der Waals surface area contributed by atoms with Gasteiger partial charge >= 0.3 is 10.8 Å². The normalized spacial score (nSPS) is 29.4. The summed E-state index contributed by atoms with van der Waals surface area (Å²) in [5.41, 5.74) is 2.97. The summed E-state index contributed by atoms with van der Waals surface area (Å²) in [6.07, 6.45) is 0.825. The lowest BCUT2D eigenvalue weighted by Crippen LogP contribution is -2.43. The summed E-state index contributed by atoms with van der Waals surface area (Å²) in [6, 6.07) is 17.9. The van der Waals surface area contributed by atoms with Gasteiger partial charge in [-0.05, 0) is 59.8 Å². The minimum absolute atomic E-state index is 0.000401. The quantitative estimate of drug-likeness (QED) is 0.285. The number of nitrogens with zero attached hydrogens (tertiary/aromatic N) is 2. The van der Waals surface area contributed by atoms with Gasteiger partial charge in [0.2, 0.25) is 11.8 Å². The van der Waals surface area contributed by atoms with Gasteiger partial charge < -0.3 is 4.74 Å². The Morgan fingerprint density at radius 1 is 0.952 bits per heavy atom. The number of carbonyl (C=O) groups is 3. The Bertz CT molecular complexity index is 1640. The maximum Gasteiger partial charge on any atom is 0.326 e. The van der Waals surface area contributed by atoms with Gasteiger partial charge in [-0.3, -0.25) is 28.6 Å². The lowest BCUT2D eigenvalue weighted by atomic mass is 9.68. The van der Waals surface area contributed by atoms with E-state index in [2.05, 4.69) is 45.0 Å². The maximum atomic E-state index is 13.9. The van der Waals surface area contributed by atoms with Crippen LogP contribution in [-0.4, -0.2) is 34.2 Å². The Hall–Kier alpha value is -3.17. The Labute approximate surface area is 253 Å². The topological polar surface area (TPSA) is 85.7 Å². The van der Waals surface area contributed by atoms with E-state index < -0.39 is 5.97 Å². The summed E-state index contributed by atoms with van der Waals surface area (Å²) >= 11 is 2.84. The molecule has 7 unspecified atom stereocenters. The molecule has 218 valence electrons. The number of amides is 2. The highest BCUT2D eigenvalue weighted by molar-refractivity contribution is 8.00. The van der Waals surface area contributed by atoms with Crippen molar-refractivity contribution in [2.24, 2.45) is 29.6 Å². The molecule has 2 saturated carbocycles. The van der Waals surface area contributed by atoms with Crippen molar-refractivity contribution in [3.8, 4) is 0 Å². The number of anilines is 1. The van der Waals surface area contributed by atoms with Crippen LogP contribution in [0.2, 0.25) is 0 Å². The molecule has 7 atom stereocenters. The Morgan fingerprint density at radius 3 is 2.26 bits per heavy atom. The molecule has 2 aliphatic carbocycles. The molecule has 2 aromatic carbocycles. The van der Waals surface area contributed by atoms with Crippen LogP contribution in [0.1, 0.15) is 56.0 Å². The van der Waals surface area contributed by atoms with E-state index in [0.717, 1.165) is 21.9 Å². The lowest BCUT2D eigenvalue weighted by molar-refractivity contribution is -0.144. The van der Waals surface area contributed by atoms with Crippen molar-refractivity contribution in [3.63, 3.8) is 0 Å². The van der Waals surface area contributed by atoms with Gasteiger partial charge in [0, 0.05) is 16.0 Å². The Balaban J connectivity index is 1.33. The van der Waals surface area contributed by atoms with Gasteiger partial charge in [0.05, 0.1) is 29.2 Å². The van der Waals surface area contributed by atoms with Gasteiger partial charge in [0.1, 0.15) is 6.54 Å². The molecule has 3 fully saturated rings. The zero-order valence-electron chi connectivity index (χ0n) is 24.1. The van der Waals surface area contributed by atoms with Crippen molar-refractivity contribution in [3.05, 3.63) is 80.3 Å². The van der Waals surface area contributed by atoms with E-state index in [9.17, 15) is 19.2 Å². The average Bonchev–Trinajstić information content (AvgIpc) is 3.68. The van der Waals surface area contributed by atoms with Crippen LogP contribution < -0.4 is 9.77 Å². The molecule has 3 heterocycles. The monoisotopic (exact) mass is 602 g/mol. The zero-order valence-corrected chi connectivity index (χ0v) is 25.7. The number of para-hydroxylation sites is 1. The number of ether oxygens (including phenoxy) is 1. The standard InChI is InChI=1S/C33H34N2O5S2/c1-5-40-22(36)16-34-31-28(42-32(34)39)23(17-11-13-18(14-12-17)33(2,3)4)24-20-15-21(27(24)41-31)26-25(20)29(37)35(30(26)38)19-9-7-6-8-10-19/h6-14,20-21,23-27H,5,15-16H2,1-4H3. The fourth-order valence-corrected chi connectivity index (χ4v) is 11.1. The molecule has 0 spiro atoms. The first-order valence-electron chi connectivity index (χ1n) is 14.7. The molecule has 1 aromatic heterocycles. The number of hydrogen-bond acceptors (Lipinski definition) is 7. The Kier molecular flexibility index (Phi) is 6.55. The summed E-state index contributed by atoms with van der Waals surface area (Å²) in [7, 11) is 0. The zero-order chi connectivity index (χ0) is 29.5. The molecule has 0 radical (unpaired) electrons. The van der Waals surface area contributed by atoms with Crippen molar-refractivity contribution in [1.29, 1.82) is 0 Å². The van der Waals surface area contributed by atoms with Gasteiger partial charge in [0.15, 0.2) is 0 Å². The molecule has 0 N–H and O–H groups in total. The first-order chi connectivity index (χ1) is 20.1. The Morgan fingerprint density at radius 2 is 1.62 bits per heavy atom. The van der Waals surface area contributed by atoms with Crippen LogP contribution in [0.5, 0.6) is 0 Å². The van der Waals surface area contributed by atoms with Crippen LogP contribution in [0, 0.1) is 29.6 Å². The molecule has 7 nitrogen and oxygen atoms in total. The van der Waals surface area contributed by atoms with Crippen molar-refractivity contribution in [1.82, 2.24) is 4.57 Å². The van der Waals surface area contributed by atoms with Gasteiger partial charge in [-0.25, -0.2) is 0 Å². The number of esters is 1. The molecule has 9 heteroatoms. The fourth-order valence-electron chi connectivity index (χ4n) is 7.99. The number of fused-ring (bicyclic) bond motifs is 9. The van der Waals surface area contributed by atoms with E-state index in [-0.39, 0.29) is 76.0 Å². The molecule has 7 rings (SSSR count). The van der Waals surface area contributed by atoms with Crippen LogP contribution in [0.15, 0.2) is 64.4 Å². The third kappa shape index (κ3) is 4.07. The number of thiazole rings is 1. The van der Waals surface area contributed by atoms with Gasteiger partial charge in [0.25, 0.3) is 0 Å². The van der Waals surface area contributed by atoms with Crippen LogP contribution >= 0.6 is 23.1 Å². The average molecular weight is 603 g/mol. The van der Waals surface area contributed by atoms with E-state index in [1.54, 1.807) is 23.3 Å². The molecule has 2 amide bonds. The summed E-state index contributed by atoms with van der Waals surface area (Å²) in [4.78, 5) is 55.9. The first kappa shape index (κ1) is 27.7. The predicted molar refractivity (Wildman–Crippen MR) is 163 cm³/mol. The van der Waals surface area contributed by atoms with E-state index in [1.165, 1.54) is 21.8 Å². The second-order valence-corrected chi connectivity index (χ2v) is 15.1. The van der Waals surface area contributed by atoms with E-state index in [1.807, 2.05) is 30.3 Å². The second-order valence-electron chi connectivity index (χ2n) is 12.9.